The minimum Gasteiger partial charge on any atom is -0.481 e. The third kappa shape index (κ3) is 3.97. The molecule has 1 aromatic rings. The van der Waals surface area contributed by atoms with E-state index in [0.29, 0.717) is 6.42 Å². The molecular formula is C13H12O3. The number of carbonyl (C=O) groups is 2. The first kappa shape index (κ1) is 12.0. The fourth-order valence-corrected chi connectivity index (χ4v) is 1.28. The van der Waals surface area contributed by atoms with E-state index in [4.69, 9.17) is 5.11 Å². The molecule has 0 amide bonds. The van der Waals surface area contributed by atoms with Gasteiger partial charge in [-0.15, -0.1) is 0 Å². The summed E-state index contributed by atoms with van der Waals surface area (Å²) in [7, 11) is 0. The second-order valence-corrected chi connectivity index (χ2v) is 3.41. The quantitative estimate of drug-likeness (QED) is 0.781. The van der Waals surface area contributed by atoms with Gasteiger partial charge in [-0.1, -0.05) is 30.0 Å². The molecule has 0 aliphatic heterocycles. The van der Waals surface area contributed by atoms with Crippen LogP contribution >= 0.6 is 0 Å². The zero-order valence-corrected chi connectivity index (χ0v) is 8.99. The number of rotatable bonds is 3. The van der Waals surface area contributed by atoms with Crippen LogP contribution in [0.2, 0.25) is 0 Å². The summed E-state index contributed by atoms with van der Waals surface area (Å²) in [5.74, 6) is 4.44. The Hall–Kier alpha value is -2.08. The Balaban J connectivity index is 2.89. The molecule has 0 fully saturated rings. The number of ketones is 1. The number of hydrogen-bond donors (Lipinski definition) is 1. The molecule has 0 radical (unpaired) electrons. The highest BCUT2D eigenvalue weighted by molar-refractivity contribution is 5.79. The van der Waals surface area contributed by atoms with Crippen LogP contribution in [-0.2, 0) is 16.0 Å². The highest BCUT2D eigenvalue weighted by Gasteiger charge is 2.01. The van der Waals surface area contributed by atoms with Crippen molar-refractivity contribution in [2.45, 2.75) is 19.8 Å². The van der Waals surface area contributed by atoms with Crippen molar-refractivity contribution in [3.05, 3.63) is 35.4 Å². The lowest BCUT2D eigenvalue weighted by Gasteiger charge is -2.00. The van der Waals surface area contributed by atoms with Gasteiger partial charge in [0.25, 0.3) is 0 Å². The molecule has 0 aliphatic rings. The van der Waals surface area contributed by atoms with Crippen LogP contribution in [0.25, 0.3) is 0 Å². The predicted octanol–water partition coefficient (Wildman–Crippen LogP) is 1.64. The van der Waals surface area contributed by atoms with Crippen LogP contribution in [0.1, 0.15) is 24.5 Å². The van der Waals surface area contributed by atoms with Gasteiger partial charge in [0.2, 0.25) is 0 Å². The Kier molecular flexibility index (Phi) is 4.28. The van der Waals surface area contributed by atoms with Gasteiger partial charge < -0.3 is 5.11 Å². The Morgan fingerprint density at radius 2 is 2.00 bits per heavy atom. The number of carboxylic acid groups (broad SMARTS) is 1. The summed E-state index contributed by atoms with van der Waals surface area (Å²) in [4.78, 5) is 21.3. The van der Waals surface area contributed by atoms with Gasteiger partial charge in [0, 0.05) is 12.0 Å². The highest BCUT2D eigenvalue weighted by Crippen LogP contribution is 2.08. The molecule has 0 spiro atoms. The Morgan fingerprint density at radius 1 is 1.31 bits per heavy atom. The summed E-state index contributed by atoms with van der Waals surface area (Å²) < 4.78 is 0. The summed E-state index contributed by atoms with van der Waals surface area (Å²) >= 11 is 0. The van der Waals surface area contributed by atoms with Crippen molar-refractivity contribution < 1.29 is 14.7 Å². The molecule has 0 bridgehead atoms. The Morgan fingerprint density at radius 3 is 2.62 bits per heavy atom. The van der Waals surface area contributed by atoms with E-state index in [-0.39, 0.29) is 12.2 Å². The van der Waals surface area contributed by atoms with Gasteiger partial charge in [0.05, 0.1) is 0 Å². The first-order chi connectivity index (χ1) is 7.59. The number of carboxylic acids is 1. The van der Waals surface area contributed by atoms with Crippen molar-refractivity contribution in [1.29, 1.82) is 0 Å². The molecular weight excluding hydrogens is 204 g/mol. The van der Waals surface area contributed by atoms with E-state index in [1.165, 1.54) is 6.92 Å². The molecule has 1 rings (SSSR count). The Labute approximate surface area is 94.1 Å². The second kappa shape index (κ2) is 5.72. The second-order valence-electron chi connectivity index (χ2n) is 3.41. The first-order valence-corrected chi connectivity index (χ1v) is 4.87. The summed E-state index contributed by atoms with van der Waals surface area (Å²) in [6, 6.07) is 7.26. The molecule has 0 saturated heterocycles. The largest absolute Gasteiger partial charge is 0.481 e. The van der Waals surface area contributed by atoms with E-state index in [1.807, 2.05) is 18.2 Å². The molecule has 16 heavy (non-hydrogen) atoms. The Bertz CT molecular complexity index is 464. The van der Waals surface area contributed by atoms with Gasteiger partial charge in [0.15, 0.2) is 0 Å². The van der Waals surface area contributed by atoms with Crippen molar-refractivity contribution in [3.8, 4) is 11.8 Å². The molecule has 3 nitrogen and oxygen atoms in total. The fourth-order valence-electron chi connectivity index (χ4n) is 1.28. The van der Waals surface area contributed by atoms with Crippen LogP contribution in [0.3, 0.4) is 0 Å². The van der Waals surface area contributed by atoms with E-state index >= 15 is 0 Å². The van der Waals surface area contributed by atoms with Gasteiger partial charge in [-0.05, 0) is 18.6 Å². The average Bonchev–Trinajstić information content (AvgIpc) is 2.19. The standard InChI is InChI=1S/C13H12O3/c1-10(14)9-12-6-3-2-5-11(12)7-4-8-13(15)16/h2-3,5-6H,8-9H2,1H3,(H,15,16). The van der Waals surface area contributed by atoms with Crippen LogP contribution in [-0.4, -0.2) is 16.9 Å². The van der Waals surface area contributed by atoms with E-state index < -0.39 is 5.97 Å². The fraction of sp³-hybridized carbons (Fsp3) is 0.231. The van der Waals surface area contributed by atoms with Crippen molar-refractivity contribution in [1.82, 2.24) is 0 Å². The number of Topliss-reactive ketones (excluding diaryl/α,β-unsaturated/α-hetero) is 1. The maximum Gasteiger partial charge on any atom is 0.315 e. The van der Waals surface area contributed by atoms with Crippen molar-refractivity contribution in [3.63, 3.8) is 0 Å². The third-order valence-corrected chi connectivity index (χ3v) is 1.92. The van der Waals surface area contributed by atoms with Crippen LogP contribution in [0.5, 0.6) is 0 Å². The smallest absolute Gasteiger partial charge is 0.315 e. The van der Waals surface area contributed by atoms with E-state index in [0.717, 1.165) is 11.1 Å². The van der Waals surface area contributed by atoms with Gasteiger partial charge >= 0.3 is 5.97 Å². The van der Waals surface area contributed by atoms with E-state index in [1.54, 1.807) is 6.07 Å². The van der Waals surface area contributed by atoms with E-state index in [2.05, 4.69) is 11.8 Å². The van der Waals surface area contributed by atoms with Crippen LogP contribution in [0.15, 0.2) is 24.3 Å². The first-order valence-electron chi connectivity index (χ1n) is 4.87. The molecule has 82 valence electrons. The maximum absolute atomic E-state index is 11.0. The molecule has 0 unspecified atom stereocenters. The lowest BCUT2D eigenvalue weighted by Crippen LogP contribution is -1.98. The molecule has 0 heterocycles. The summed E-state index contributed by atoms with van der Waals surface area (Å²) in [6.07, 6.45) is 0.145. The summed E-state index contributed by atoms with van der Waals surface area (Å²) in [5, 5.41) is 8.45. The molecule has 0 aromatic heterocycles. The van der Waals surface area contributed by atoms with Crippen molar-refractivity contribution >= 4 is 11.8 Å². The minimum atomic E-state index is -0.948. The highest BCUT2D eigenvalue weighted by atomic mass is 16.4. The topological polar surface area (TPSA) is 54.4 Å². The molecule has 1 N–H and O–H groups in total. The predicted molar refractivity (Wildman–Crippen MR) is 60.0 cm³/mol. The molecule has 3 heteroatoms. The molecule has 0 saturated carbocycles. The number of aliphatic carboxylic acids is 1. The minimum absolute atomic E-state index is 0.0625. The normalized spacial score (nSPS) is 9.06. The van der Waals surface area contributed by atoms with Gasteiger partial charge in [-0.25, -0.2) is 0 Å². The van der Waals surface area contributed by atoms with Gasteiger partial charge in [-0.3, -0.25) is 9.59 Å². The van der Waals surface area contributed by atoms with Crippen LogP contribution in [0, 0.1) is 11.8 Å². The van der Waals surface area contributed by atoms with Crippen molar-refractivity contribution in [2.75, 3.05) is 0 Å². The van der Waals surface area contributed by atoms with Crippen LogP contribution < -0.4 is 0 Å². The third-order valence-electron chi connectivity index (χ3n) is 1.92. The summed E-state index contributed by atoms with van der Waals surface area (Å²) in [5.41, 5.74) is 1.56. The maximum atomic E-state index is 11.0. The molecule has 0 aliphatic carbocycles. The number of hydrogen-bond acceptors (Lipinski definition) is 2. The number of benzene rings is 1. The van der Waals surface area contributed by atoms with Gasteiger partial charge in [-0.2, -0.15) is 0 Å². The number of carbonyl (C=O) groups excluding carboxylic acids is 1. The van der Waals surface area contributed by atoms with Crippen LogP contribution in [0.4, 0.5) is 0 Å². The molecule has 0 atom stereocenters. The lowest BCUT2D eigenvalue weighted by atomic mass is 10.0. The summed E-state index contributed by atoms with van der Waals surface area (Å²) in [6.45, 7) is 1.52. The lowest BCUT2D eigenvalue weighted by molar-refractivity contribution is -0.135. The monoisotopic (exact) mass is 216 g/mol. The zero-order valence-electron chi connectivity index (χ0n) is 8.99. The average molecular weight is 216 g/mol. The SMILES string of the molecule is CC(=O)Cc1ccccc1C#CCC(=O)O. The molecule has 1 aromatic carbocycles. The van der Waals surface area contributed by atoms with Gasteiger partial charge in [0.1, 0.15) is 12.2 Å². The van der Waals surface area contributed by atoms with Crippen molar-refractivity contribution in [2.24, 2.45) is 0 Å². The zero-order chi connectivity index (χ0) is 12.0. The van der Waals surface area contributed by atoms with E-state index in [9.17, 15) is 9.59 Å².